The lowest BCUT2D eigenvalue weighted by molar-refractivity contribution is -0.130. The maximum atomic E-state index is 11.9. The van der Waals surface area contributed by atoms with E-state index >= 15 is 0 Å². The van der Waals surface area contributed by atoms with Crippen LogP contribution in [0.2, 0.25) is 0 Å². The molecule has 1 aliphatic heterocycles. The molecule has 1 aliphatic rings. The number of amides is 1. The molecule has 1 amide bonds. The van der Waals surface area contributed by atoms with Crippen LogP contribution in [0.3, 0.4) is 0 Å². The summed E-state index contributed by atoms with van der Waals surface area (Å²) in [6.45, 7) is 4.16. The van der Waals surface area contributed by atoms with Crippen molar-refractivity contribution in [2.45, 2.75) is 20.0 Å². The van der Waals surface area contributed by atoms with Crippen molar-refractivity contribution in [1.29, 1.82) is 0 Å². The number of rotatable bonds is 3. The minimum Gasteiger partial charge on any atom is -0.485 e. The van der Waals surface area contributed by atoms with Crippen molar-refractivity contribution in [2.75, 3.05) is 6.61 Å². The Balaban J connectivity index is 0.000000847. The molecular weight excluding hydrogens is 284 g/mol. The Labute approximate surface area is 128 Å². The highest BCUT2D eigenvalue weighted by atomic mass is 16.6. The number of para-hydroxylation sites is 2. The molecule has 7 heteroatoms. The molecule has 0 spiro atoms. The van der Waals surface area contributed by atoms with Gasteiger partial charge in [-0.2, -0.15) is 5.10 Å². The van der Waals surface area contributed by atoms with Gasteiger partial charge in [-0.15, -0.1) is 0 Å². The number of aromatic amines is 1. The van der Waals surface area contributed by atoms with E-state index in [9.17, 15) is 4.79 Å². The summed E-state index contributed by atoms with van der Waals surface area (Å²) in [5, 5.41) is 3.81. The van der Waals surface area contributed by atoms with Crippen molar-refractivity contribution < 1.29 is 14.3 Å². The van der Waals surface area contributed by atoms with E-state index in [2.05, 4.69) is 20.5 Å². The fraction of sp³-hybridized carbons (Fsp3) is 0.267. The van der Waals surface area contributed by atoms with Gasteiger partial charge in [0.15, 0.2) is 11.5 Å². The van der Waals surface area contributed by atoms with Crippen molar-refractivity contribution >= 4 is 12.1 Å². The van der Waals surface area contributed by atoms with Crippen molar-refractivity contribution in [3.8, 4) is 11.5 Å². The molecule has 3 rings (SSSR count). The van der Waals surface area contributed by atoms with Gasteiger partial charge in [-0.3, -0.25) is 4.79 Å². The zero-order valence-electron chi connectivity index (χ0n) is 12.4. The summed E-state index contributed by atoms with van der Waals surface area (Å²) >= 11 is 0. The number of nitrogens with one attached hydrogen (secondary N) is 2. The second-order valence-corrected chi connectivity index (χ2v) is 4.11. The number of hydrogen-bond acceptors (Lipinski definition) is 5. The lowest BCUT2D eigenvalue weighted by Crippen LogP contribution is -2.42. The molecule has 0 fully saturated rings. The topological polar surface area (TPSA) is 88.6 Å². The summed E-state index contributed by atoms with van der Waals surface area (Å²) in [6.07, 6.45) is 3.86. The monoisotopic (exact) mass is 302 g/mol. The number of ether oxygens (including phenoxy) is 2. The van der Waals surface area contributed by atoms with Gasteiger partial charge in [-0.05, 0) is 12.1 Å². The molecular formula is C15H18N4O3. The molecule has 2 heterocycles. The second kappa shape index (κ2) is 7.82. The van der Waals surface area contributed by atoms with Gasteiger partial charge in [0.1, 0.15) is 6.61 Å². The molecule has 0 radical (unpaired) electrons. The number of hydrogen-bond donors (Lipinski definition) is 2. The smallest absolute Gasteiger partial charge is 0.284 e. The highest BCUT2D eigenvalue weighted by Gasteiger charge is 2.26. The normalized spacial score (nSPS) is 15.8. The molecule has 0 saturated heterocycles. The van der Waals surface area contributed by atoms with Gasteiger partial charge in [-0.25, -0.2) is 10.4 Å². The first-order valence-electron chi connectivity index (χ1n) is 7.03. The Morgan fingerprint density at radius 2 is 2.18 bits per heavy atom. The average Bonchev–Trinajstić information content (AvgIpc) is 3.09. The number of carbonyl (C=O) groups is 1. The first-order chi connectivity index (χ1) is 10.8. The predicted octanol–water partition coefficient (Wildman–Crippen LogP) is 1.73. The van der Waals surface area contributed by atoms with E-state index < -0.39 is 6.10 Å². The zero-order chi connectivity index (χ0) is 15.8. The third kappa shape index (κ3) is 3.85. The number of H-pyrrole nitrogens is 1. The summed E-state index contributed by atoms with van der Waals surface area (Å²) in [5.74, 6) is 0.823. The molecule has 2 N–H and O–H groups in total. The number of aromatic nitrogens is 2. The van der Waals surface area contributed by atoms with Gasteiger partial charge in [0.25, 0.3) is 5.91 Å². The lowest BCUT2D eigenvalue weighted by Gasteiger charge is -2.24. The zero-order valence-corrected chi connectivity index (χ0v) is 12.4. The number of nitrogens with zero attached hydrogens (tertiary/aromatic N) is 2. The van der Waals surface area contributed by atoms with Crippen molar-refractivity contribution in [2.24, 2.45) is 5.10 Å². The van der Waals surface area contributed by atoms with E-state index in [1.165, 1.54) is 12.5 Å². The molecule has 2 aromatic rings. The van der Waals surface area contributed by atoms with Crippen molar-refractivity contribution in [1.82, 2.24) is 15.4 Å². The first kappa shape index (κ1) is 15.6. The Morgan fingerprint density at radius 1 is 1.41 bits per heavy atom. The molecule has 116 valence electrons. The van der Waals surface area contributed by atoms with Crippen LogP contribution in [0, 0.1) is 0 Å². The Bertz CT molecular complexity index is 625. The Kier molecular flexibility index (Phi) is 5.53. The molecule has 0 saturated carbocycles. The number of imidazole rings is 1. The molecule has 0 bridgehead atoms. The van der Waals surface area contributed by atoms with E-state index in [1.807, 2.05) is 26.0 Å². The van der Waals surface area contributed by atoms with Gasteiger partial charge >= 0.3 is 0 Å². The minimum absolute atomic E-state index is 0.155. The molecule has 7 nitrogen and oxygen atoms in total. The van der Waals surface area contributed by atoms with E-state index in [0.29, 0.717) is 17.2 Å². The lowest BCUT2D eigenvalue weighted by atomic mass is 10.2. The van der Waals surface area contributed by atoms with E-state index in [1.54, 1.807) is 18.3 Å². The summed E-state index contributed by atoms with van der Waals surface area (Å²) in [4.78, 5) is 18.5. The standard InChI is InChI=1S/C13H12N4O3.C2H6/c18-13(17-16-6-9-5-14-8-15-9)12-7-19-10-3-1-2-4-11(10)20-12;1-2/h1-6,8,12H,7H2,(H,14,15)(H,17,18);1-2H3/b16-6+;. The molecule has 1 aromatic carbocycles. The van der Waals surface area contributed by atoms with Crippen LogP contribution in [0.1, 0.15) is 19.5 Å². The van der Waals surface area contributed by atoms with Gasteiger partial charge in [0.2, 0.25) is 6.10 Å². The Morgan fingerprint density at radius 3 is 2.91 bits per heavy atom. The largest absolute Gasteiger partial charge is 0.485 e. The number of carbonyl (C=O) groups excluding carboxylic acids is 1. The molecule has 1 aromatic heterocycles. The summed E-state index contributed by atoms with van der Waals surface area (Å²) < 4.78 is 11.0. The number of hydrazone groups is 1. The quantitative estimate of drug-likeness (QED) is 0.667. The third-order valence-corrected chi connectivity index (χ3v) is 2.70. The summed E-state index contributed by atoms with van der Waals surface area (Å²) in [6, 6.07) is 7.21. The van der Waals surface area contributed by atoms with E-state index in [-0.39, 0.29) is 12.5 Å². The molecule has 1 atom stereocenters. The van der Waals surface area contributed by atoms with Crippen LogP contribution < -0.4 is 14.9 Å². The Hall–Kier alpha value is -2.83. The van der Waals surface area contributed by atoms with Crippen LogP contribution >= 0.6 is 0 Å². The van der Waals surface area contributed by atoms with Gasteiger partial charge < -0.3 is 14.5 Å². The fourth-order valence-corrected chi connectivity index (χ4v) is 1.72. The SMILES string of the molecule is CC.O=C(N/N=C/c1cnc[nH]1)C1COc2ccccc2O1. The van der Waals surface area contributed by atoms with Gasteiger partial charge in [0, 0.05) is 0 Å². The van der Waals surface area contributed by atoms with Gasteiger partial charge in [-0.1, -0.05) is 26.0 Å². The average molecular weight is 302 g/mol. The predicted molar refractivity (Wildman–Crippen MR) is 82.0 cm³/mol. The van der Waals surface area contributed by atoms with Gasteiger partial charge in [0.05, 0.1) is 24.4 Å². The van der Waals surface area contributed by atoms with Crippen LogP contribution in [0.15, 0.2) is 41.9 Å². The maximum Gasteiger partial charge on any atom is 0.284 e. The van der Waals surface area contributed by atoms with Crippen LogP contribution in [-0.4, -0.2) is 34.8 Å². The van der Waals surface area contributed by atoms with Crippen LogP contribution in [0.5, 0.6) is 11.5 Å². The van der Waals surface area contributed by atoms with Crippen LogP contribution in [0.4, 0.5) is 0 Å². The summed E-state index contributed by atoms with van der Waals surface area (Å²) in [5.41, 5.74) is 3.09. The fourth-order valence-electron chi connectivity index (χ4n) is 1.72. The number of benzene rings is 1. The van der Waals surface area contributed by atoms with Crippen molar-refractivity contribution in [3.05, 3.63) is 42.5 Å². The maximum absolute atomic E-state index is 11.9. The highest BCUT2D eigenvalue weighted by molar-refractivity contribution is 5.84. The van der Waals surface area contributed by atoms with Crippen LogP contribution in [-0.2, 0) is 4.79 Å². The summed E-state index contributed by atoms with van der Waals surface area (Å²) in [7, 11) is 0. The molecule has 1 unspecified atom stereocenters. The highest BCUT2D eigenvalue weighted by Crippen LogP contribution is 2.30. The minimum atomic E-state index is -0.719. The van der Waals surface area contributed by atoms with E-state index in [4.69, 9.17) is 9.47 Å². The van der Waals surface area contributed by atoms with Crippen molar-refractivity contribution in [3.63, 3.8) is 0 Å². The second-order valence-electron chi connectivity index (χ2n) is 4.11. The first-order valence-corrected chi connectivity index (χ1v) is 7.03. The molecule has 22 heavy (non-hydrogen) atoms. The number of fused-ring (bicyclic) bond motifs is 1. The third-order valence-electron chi connectivity index (χ3n) is 2.70. The molecule has 0 aliphatic carbocycles. The van der Waals surface area contributed by atoms with Crippen LogP contribution in [0.25, 0.3) is 0 Å². The van der Waals surface area contributed by atoms with E-state index in [0.717, 1.165) is 0 Å².